The van der Waals surface area contributed by atoms with E-state index in [4.69, 9.17) is 4.74 Å². The molecule has 2 unspecified atom stereocenters. The van der Waals surface area contributed by atoms with Gasteiger partial charge in [-0.05, 0) is 38.5 Å². The Balaban J connectivity index is 2.65. The lowest BCUT2D eigenvalue weighted by Crippen LogP contribution is -2.40. The maximum Gasteiger partial charge on any atom is 0.305 e. The fourth-order valence-electron chi connectivity index (χ4n) is 3.88. The second-order valence-electron chi connectivity index (χ2n) is 8.24. The van der Waals surface area contributed by atoms with Crippen molar-refractivity contribution in [3.05, 3.63) is 24.3 Å². The number of aliphatic hydroxyl groups is 3. The molecule has 1 saturated carbocycles. The van der Waals surface area contributed by atoms with Crippen LogP contribution in [0, 0.1) is 11.8 Å². The van der Waals surface area contributed by atoms with Crippen LogP contribution in [-0.2, 0) is 14.3 Å². The highest BCUT2D eigenvalue weighted by molar-refractivity contribution is 5.69. The number of allylic oxidation sites excluding steroid dienone is 2. The molecule has 1 rings (SSSR count). The number of hydrogen-bond acceptors (Lipinski definition) is 6. The summed E-state index contributed by atoms with van der Waals surface area (Å²) in [7, 11) is 2.99. The Morgan fingerprint density at radius 1 is 1.21 bits per heavy atom. The molecular formula is C23H40O6. The summed E-state index contributed by atoms with van der Waals surface area (Å²) in [5.41, 5.74) is -0.663. The third-order valence-electron chi connectivity index (χ3n) is 6.10. The van der Waals surface area contributed by atoms with E-state index < -0.39 is 23.9 Å². The van der Waals surface area contributed by atoms with Gasteiger partial charge in [-0.15, -0.1) is 0 Å². The van der Waals surface area contributed by atoms with Crippen molar-refractivity contribution >= 4 is 5.97 Å². The highest BCUT2D eigenvalue weighted by atomic mass is 16.5. The van der Waals surface area contributed by atoms with Crippen molar-refractivity contribution in [1.29, 1.82) is 0 Å². The van der Waals surface area contributed by atoms with Gasteiger partial charge in [0.15, 0.2) is 0 Å². The van der Waals surface area contributed by atoms with Crippen molar-refractivity contribution in [3.8, 4) is 0 Å². The number of aliphatic hydroxyl groups excluding tert-OH is 3. The summed E-state index contributed by atoms with van der Waals surface area (Å²) in [5.74, 6) is -0.528. The van der Waals surface area contributed by atoms with Gasteiger partial charge in [0.05, 0.1) is 24.9 Å². The first-order valence-electron chi connectivity index (χ1n) is 10.8. The lowest BCUT2D eigenvalue weighted by molar-refractivity contribution is -0.140. The van der Waals surface area contributed by atoms with Crippen molar-refractivity contribution in [2.45, 2.75) is 89.1 Å². The fraction of sp³-hybridized carbons (Fsp3) is 0.783. The molecule has 0 spiro atoms. The van der Waals surface area contributed by atoms with E-state index in [1.807, 2.05) is 25.2 Å². The molecule has 0 bridgehead atoms. The first kappa shape index (κ1) is 25.8. The zero-order valence-corrected chi connectivity index (χ0v) is 18.4. The second-order valence-corrected chi connectivity index (χ2v) is 8.24. The van der Waals surface area contributed by atoms with Crippen LogP contribution in [0.3, 0.4) is 0 Å². The molecule has 3 N–H and O–H groups in total. The quantitative estimate of drug-likeness (QED) is 0.244. The lowest BCUT2D eigenvalue weighted by Gasteiger charge is -2.32. The third-order valence-corrected chi connectivity index (χ3v) is 6.10. The standard InChI is InChI=1S/C23H40O6/c1-5-6-15-23(2,29-4)21(26)14-13-18-17(19(24)16-20(18)25)11-9-7-8-10-12-22(27)28-3/h7,9,13-14,17-21,24-26H,5-6,8,10-12,15-16H2,1-4H3/b9-7-,14-13+/t17-,18-,19+,20-,21?,23?/m1/s1. The maximum atomic E-state index is 11.1. The minimum absolute atomic E-state index is 0.102. The van der Waals surface area contributed by atoms with E-state index in [1.165, 1.54) is 7.11 Å². The monoisotopic (exact) mass is 412 g/mol. The molecule has 0 amide bonds. The van der Waals surface area contributed by atoms with E-state index in [-0.39, 0.29) is 17.8 Å². The van der Waals surface area contributed by atoms with Gasteiger partial charge in [0.2, 0.25) is 0 Å². The summed E-state index contributed by atoms with van der Waals surface area (Å²) >= 11 is 0. The first-order valence-corrected chi connectivity index (χ1v) is 10.8. The number of methoxy groups -OCH3 is 2. The van der Waals surface area contributed by atoms with Crippen LogP contribution < -0.4 is 0 Å². The molecule has 0 saturated heterocycles. The predicted octanol–water partition coefficient (Wildman–Crippen LogP) is 3.15. The molecule has 0 aromatic carbocycles. The molecule has 0 heterocycles. The van der Waals surface area contributed by atoms with Gasteiger partial charge in [0, 0.05) is 25.9 Å². The minimum atomic E-state index is -0.779. The highest BCUT2D eigenvalue weighted by Gasteiger charge is 2.40. The second kappa shape index (κ2) is 13.2. The van der Waals surface area contributed by atoms with Gasteiger partial charge >= 0.3 is 5.97 Å². The molecule has 0 aromatic rings. The van der Waals surface area contributed by atoms with Gasteiger partial charge < -0.3 is 24.8 Å². The van der Waals surface area contributed by atoms with E-state index in [9.17, 15) is 20.1 Å². The molecule has 0 aliphatic heterocycles. The van der Waals surface area contributed by atoms with Crippen LogP contribution >= 0.6 is 0 Å². The number of rotatable bonds is 13. The topological polar surface area (TPSA) is 96.2 Å². The van der Waals surface area contributed by atoms with Crippen LogP contribution in [0.15, 0.2) is 24.3 Å². The Bertz CT molecular complexity index is 531. The average Bonchev–Trinajstić information content (AvgIpc) is 2.98. The zero-order valence-electron chi connectivity index (χ0n) is 18.4. The number of esters is 1. The molecule has 1 aliphatic carbocycles. The summed E-state index contributed by atoms with van der Waals surface area (Å²) in [5, 5.41) is 31.3. The van der Waals surface area contributed by atoms with Crippen molar-refractivity contribution in [1.82, 2.24) is 0 Å². The van der Waals surface area contributed by atoms with E-state index in [1.54, 1.807) is 13.2 Å². The molecule has 1 aliphatic rings. The van der Waals surface area contributed by atoms with Gasteiger partial charge in [-0.1, -0.05) is 44.1 Å². The smallest absolute Gasteiger partial charge is 0.305 e. The molecule has 0 aromatic heterocycles. The van der Waals surface area contributed by atoms with Crippen LogP contribution in [-0.4, -0.2) is 59.4 Å². The molecule has 6 heteroatoms. The predicted molar refractivity (Wildman–Crippen MR) is 113 cm³/mol. The molecule has 6 atom stereocenters. The van der Waals surface area contributed by atoms with Gasteiger partial charge in [0.1, 0.15) is 6.10 Å². The molecule has 0 radical (unpaired) electrons. The van der Waals surface area contributed by atoms with Crippen LogP contribution in [0.5, 0.6) is 0 Å². The van der Waals surface area contributed by atoms with Crippen molar-refractivity contribution < 1.29 is 29.6 Å². The van der Waals surface area contributed by atoms with E-state index in [0.717, 1.165) is 32.1 Å². The molecule has 168 valence electrons. The van der Waals surface area contributed by atoms with Crippen LogP contribution in [0.2, 0.25) is 0 Å². The fourth-order valence-corrected chi connectivity index (χ4v) is 3.88. The van der Waals surface area contributed by atoms with Crippen LogP contribution in [0.25, 0.3) is 0 Å². The van der Waals surface area contributed by atoms with E-state index in [0.29, 0.717) is 19.3 Å². The van der Waals surface area contributed by atoms with Crippen molar-refractivity contribution in [3.63, 3.8) is 0 Å². The summed E-state index contributed by atoms with van der Waals surface area (Å²) < 4.78 is 10.2. The van der Waals surface area contributed by atoms with E-state index >= 15 is 0 Å². The highest BCUT2D eigenvalue weighted by Crippen LogP contribution is 2.37. The van der Waals surface area contributed by atoms with Gasteiger partial charge in [0.25, 0.3) is 0 Å². The largest absolute Gasteiger partial charge is 0.469 e. The van der Waals surface area contributed by atoms with Crippen LogP contribution in [0.4, 0.5) is 0 Å². The summed E-state index contributed by atoms with van der Waals surface area (Å²) in [6.45, 7) is 3.99. The van der Waals surface area contributed by atoms with Gasteiger partial charge in [-0.3, -0.25) is 4.79 Å². The summed E-state index contributed by atoms with van der Waals surface area (Å²) in [6, 6.07) is 0. The van der Waals surface area contributed by atoms with Crippen molar-refractivity contribution in [2.75, 3.05) is 14.2 Å². The Labute approximate surface area is 175 Å². The van der Waals surface area contributed by atoms with Crippen molar-refractivity contribution in [2.24, 2.45) is 11.8 Å². The zero-order chi connectivity index (χ0) is 21.9. The summed E-state index contributed by atoms with van der Waals surface area (Å²) in [6.07, 6.45) is 11.2. The third kappa shape index (κ3) is 8.21. The average molecular weight is 413 g/mol. The Hall–Kier alpha value is -1.21. The normalized spacial score (nSPS) is 28.1. The number of unbranched alkanes of at least 4 members (excludes halogenated alkanes) is 2. The number of ether oxygens (including phenoxy) is 2. The Kier molecular flexibility index (Phi) is 11.7. The number of hydrogen-bond donors (Lipinski definition) is 3. The maximum absolute atomic E-state index is 11.1. The number of carbonyl (C=O) groups is 1. The van der Waals surface area contributed by atoms with Crippen LogP contribution in [0.1, 0.15) is 65.2 Å². The molecule has 6 nitrogen and oxygen atoms in total. The minimum Gasteiger partial charge on any atom is -0.469 e. The first-order chi connectivity index (χ1) is 13.8. The van der Waals surface area contributed by atoms with Gasteiger partial charge in [-0.2, -0.15) is 0 Å². The Morgan fingerprint density at radius 2 is 1.93 bits per heavy atom. The summed E-state index contributed by atoms with van der Waals surface area (Å²) in [4.78, 5) is 11.1. The molecule has 29 heavy (non-hydrogen) atoms. The Morgan fingerprint density at radius 3 is 2.55 bits per heavy atom. The van der Waals surface area contributed by atoms with E-state index in [2.05, 4.69) is 11.7 Å². The lowest BCUT2D eigenvalue weighted by atomic mass is 9.87. The molecular weight excluding hydrogens is 372 g/mol. The number of carbonyl (C=O) groups excluding carboxylic acids is 1. The molecule has 1 fully saturated rings. The SMILES string of the molecule is CCCCC(C)(OC)C(O)/C=C/[C@@H]1[C@@H](C/C=C\CCCC(=O)OC)[C@@H](O)C[C@H]1O. The van der Waals surface area contributed by atoms with Gasteiger partial charge in [-0.25, -0.2) is 0 Å².